The first-order chi connectivity index (χ1) is 8.63. The maximum atomic E-state index is 13.5. The molecule has 0 atom stereocenters. The largest absolute Gasteiger partial charge is 0.288 e. The SMILES string of the molecule is O=C(NO)c1ccc(-c2cccc(F)c2F)cc1. The average Bonchev–Trinajstić information content (AvgIpc) is 2.41. The van der Waals surface area contributed by atoms with Gasteiger partial charge in [0.2, 0.25) is 0 Å². The summed E-state index contributed by atoms with van der Waals surface area (Å²) in [4.78, 5) is 11.1. The van der Waals surface area contributed by atoms with Crippen molar-refractivity contribution in [1.29, 1.82) is 0 Å². The van der Waals surface area contributed by atoms with Crippen molar-refractivity contribution in [2.24, 2.45) is 0 Å². The molecule has 0 unspecified atom stereocenters. The van der Waals surface area contributed by atoms with E-state index in [0.717, 1.165) is 6.07 Å². The van der Waals surface area contributed by atoms with Crippen LogP contribution in [0.4, 0.5) is 8.78 Å². The molecule has 0 aliphatic heterocycles. The highest BCUT2D eigenvalue weighted by atomic mass is 19.2. The lowest BCUT2D eigenvalue weighted by atomic mass is 10.0. The van der Waals surface area contributed by atoms with Crippen molar-refractivity contribution in [2.75, 3.05) is 0 Å². The first-order valence-electron chi connectivity index (χ1n) is 5.12. The number of benzene rings is 2. The summed E-state index contributed by atoms with van der Waals surface area (Å²) >= 11 is 0. The number of carbonyl (C=O) groups is 1. The normalized spacial score (nSPS) is 10.2. The third-order valence-electron chi connectivity index (χ3n) is 2.51. The summed E-state index contributed by atoms with van der Waals surface area (Å²) in [6.45, 7) is 0. The monoisotopic (exact) mass is 249 g/mol. The fourth-order valence-electron chi connectivity index (χ4n) is 1.59. The summed E-state index contributed by atoms with van der Waals surface area (Å²) in [5, 5.41) is 8.45. The lowest BCUT2D eigenvalue weighted by Gasteiger charge is -2.05. The van der Waals surface area contributed by atoms with Gasteiger partial charge in [-0.2, -0.15) is 0 Å². The molecule has 0 spiro atoms. The maximum absolute atomic E-state index is 13.5. The first kappa shape index (κ1) is 12.2. The van der Waals surface area contributed by atoms with E-state index >= 15 is 0 Å². The topological polar surface area (TPSA) is 49.3 Å². The second kappa shape index (κ2) is 4.93. The van der Waals surface area contributed by atoms with E-state index in [4.69, 9.17) is 5.21 Å². The molecule has 0 saturated heterocycles. The van der Waals surface area contributed by atoms with Gasteiger partial charge in [0, 0.05) is 11.1 Å². The number of carbonyl (C=O) groups excluding carboxylic acids is 1. The number of hydrogen-bond donors (Lipinski definition) is 2. The van der Waals surface area contributed by atoms with Gasteiger partial charge in [0.25, 0.3) is 5.91 Å². The molecule has 18 heavy (non-hydrogen) atoms. The minimum Gasteiger partial charge on any atom is -0.288 e. The standard InChI is InChI=1S/C13H9F2NO2/c14-11-3-1-2-10(12(11)15)8-4-6-9(7-5-8)13(17)16-18/h1-7,18H,(H,16,17). The van der Waals surface area contributed by atoms with Gasteiger partial charge in [0.1, 0.15) is 0 Å². The summed E-state index contributed by atoms with van der Waals surface area (Å²) < 4.78 is 26.6. The Labute approximate surface area is 102 Å². The van der Waals surface area contributed by atoms with Crippen molar-refractivity contribution in [2.45, 2.75) is 0 Å². The van der Waals surface area contributed by atoms with Gasteiger partial charge in [-0.25, -0.2) is 14.3 Å². The quantitative estimate of drug-likeness (QED) is 0.635. The third kappa shape index (κ3) is 2.21. The van der Waals surface area contributed by atoms with Crippen LogP contribution in [0.3, 0.4) is 0 Å². The van der Waals surface area contributed by atoms with Crippen molar-refractivity contribution in [3.05, 3.63) is 59.7 Å². The Morgan fingerprint density at radius 1 is 1.06 bits per heavy atom. The van der Waals surface area contributed by atoms with Gasteiger partial charge >= 0.3 is 0 Å². The van der Waals surface area contributed by atoms with Crippen LogP contribution < -0.4 is 5.48 Å². The number of amides is 1. The van der Waals surface area contributed by atoms with Crippen LogP contribution in [-0.2, 0) is 0 Å². The Kier molecular flexibility index (Phi) is 3.34. The smallest absolute Gasteiger partial charge is 0.274 e. The number of hydroxylamine groups is 1. The van der Waals surface area contributed by atoms with Gasteiger partial charge in [0.15, 0.2) is 11.6 Å². The molecule has 2 N–H and O–H groups in total. The molecule has 2 aromatic rings. The number of halogens is 2. The maximum Gasteiger partial charge on any atom is 0.274 e. The summed E-state index contributed by atoms with van der Waals surface area (Å²) in [7, 11) is 0. The van der Waals surface area contributed by atoms with Gasteiger partial charge in [-0.3, -0.25) is 10.0 Å². The van der Waals surface area contributed by atoms with Crippen molar-refractivity contribution in [3.63, 3.8) is 0 Å². The van der Waals surface area contributed by atoms with E-state index in [1.807, 2.05) is 0 Å². The minimum absolute atomic E-state index is 0.117. The van der Waals surface area contributed by atoms with Crippen LogP contribution in [0.5, 0.6) is 0 Å². The molecule has 3 nitrogen and oxygen atoms in total. The molecule has 0 aliphatic rings. The Bertz CT molecular complexity index is 582. The van der Waals surface area contributed by atoms with E-state index in [1.165, 1.54) is 41.9 Å². The lowest BCUT2D eigenvalue weighted by molar-refractivity contribution is 0.0706. The predicted octanol–water partition coefficient (Wildman–Crippen LogP) is 2.75. The van der Waals surface area contributed by atoms with E-state index in [9.17, 15) is 13.6 Å². The van der Waals surface area contributed by atoms with E-state index in [1.54, 1.807) is 0 Å². The van der Waals surface area contributed by atoms with Crippen molar-refractivity contribution in [3.8, 4) is 11.1 Å². The number of nitrogens with one attached hydrogen (secondary N) is 1. The van der Waals surface area contributed by atoms with Gasteiger partial charge in [-0.15, -0.1) is 0 Å². The zero-order valence-electron chi connectivity index (χ0n) is 9.15. The second-order valence-electron chi connectivity index (χ2n) is 3.62. The Balaban J connectivity index is 2.40. The average molecular weight is 249 g/mol. The number of rotatable bonds is 2. The molecule has 0 fully saturated rings. The summed E-state index contributed by atoms with van der Waals surface area (Å²) in [6.07, 6.45) is 0. The Morgan fingerprint density at radius 3 is 2.33 bits per heavy atom. The van der Waals surface area contributed by atoms with Gasteiger partial charge in [0.05, 0.1) is 0 Å². The summed E-state index contributed by atoms with van der Waals surface area (Å²) in [5.41, 5.74) is 2.27. The molecule has 0 saturated carbocycles. The predicted molar refractivity (Wildman–Crippen MR) is 61.0 cm³/mol. The molecule has 2 aromatic carbocycles. The molecule has 5 heteroatoms. The van der Waals surface area contributed by atoms with Crippen molar-refractivity contribution < 1.29 is 18.8 Å². The van der Waals surface area contributed by atoms with Crippen LogP contribution in [0.15, 0.2) is 42.5 Å². The molecule has 92 valence electrons. The van der Waals surface area contributed by atoms with Gasteiger partial charge in [-0.05, 0) is 23.8 Å². The van der Waals surface area contributed by atoms with E-state index in [2.05, 4.69) is 0 Å². The third-order valence-corrected chi connectivity index (χ3v) is 2.51. The van der Waals surface area contributed by atoms with E-state index in [0.29, 0.717) is 5.56 Å². The fraction of sp³-hybridized carbons (Fsp3) is 0. The second-order valence-corrected chi connectivity index (χ2v) is 3.62. The van der Waals surface area contributed by atoms with Crippen LogP contribution in [0.1, 0.15) is 10.4 Å². The highest BCUT2D eigenvalue weighted by Crippen LogP contribution is 2.24. The molecular formula is C13H9F2NO2. The lowest BCUT2D eigenvalue weighted by Crippen LogP contribution is -2.18. The number of hydrogen-bond acceptors (Lipinski definition) is 2. The summed E-state index contributed by atoms with van der Waals surface area (Å²) in [6, 6.07) is 9.65. The Morgan fingerprint density at radius 2 is 1.72 bits per heavy atom. The van der Waals surface area contributed by atoms with Crippen LogP contribution in [0.25, 0.3) is 11.1 Å². The highest BCUT2D eigenvalue weighted by molar-refractivity contribution is 5.93. The fourth-order valence-corrected chi connectivity index (χ4v) is 1.59. The van der Waals surface area contributed by atoms with Gasteiger partial charge < -0.3 is 0 Å². The van der Waals surface area contributed by atoms with Crippen molar-refractivity contribution >= 4 is 5.91 Å². The molecule has 2 rings (SSSR count). The Hall–Kier alpha value is -2.27. The molecule has 0 radical (unpaired) electrons. The minimum atomic E-state index is -0.933. The molecule has 0 heterocycles. The van der Waals surface area contributed by atoms with Crippen LogP contribution in [-0.4, -0.2) is 11.1 Å². The highest BCUT2D eigenvalue weighted by Gasteiger charge is 2.10. The summed E-state index contributed by atoms with van der Waals surface area (Å²) in [5.74, 6) is -2.53. The van der Waals surface area contributed by atoms with Gasteiger partial charge in [-0.1, -0.05) is 24.3 Å². The first-order valence-corrected chi connectivity index (χ1v) is 5.12. The zero-order valence-corrected chi connectivity index (χ0v) is 9.15. The molecular weight excluding hydrogens is 240 g/mol. The zero-order chi connectivity index (χ0) is 13.1. The van der Waals surface area contributed by atoms with E-state index < -0.39 is 17.5 Å². The van der Waals surface area contributed by atoms with Crippen LogP contribution in [0.2, 0.25) is 0 Å². The molecule has 0 aliphatic carbocycles. The molecule has 1 amide bonds. The van der Waals surface area contributed by atoms with Crippen LogP contribution >= 0.6 is 0 Å². The molecule has 0 bridgehead atoms. The molecule has 0 aromatic heterocycles. The van der Waals surface area contributed by atoms with Crippen LogP contribution in [0, 0.1) is 11.6 Å². The van der Waals surface area contributed by atoms with Crippen molar-refractivity contribution in [1.82, 2.24) is 5.48 Å². The van der Waals surface area contributed by atoms with E-state index in [-0.39, 0.29) is 11.1 Å².